The number of nitrogens with zero attached hydrogens (tertiary/aromatic N) is 1. The smallest absolute Gasteiger partial charge is 0.0443 e. The molecule has 0 atom stereocenters. The molecule has 1 heteroatoms. The summed E-state index contributed by atoms with van der Waals surface area (Å²) in [6, 6.07) is 19.3. The van der Waals surface area contributed by atoms with Gasteiger partial charge in [-0.2, -0.15) is 0 Å². The molecule has 1 nitrogen and oxygen atoms in total. The highest BCUT2D eigenvalue weighted by Crippen LogP contribution is 2.28. The Kier molecular flexibility index (Phi) is 4.40. The van der Waals surface area contributed by atoms with Crippen molar-refractivity contribution in [2.45, 2.75) is 26.7 Å². The molecule has 0 aliphatic rings. The van der Waals surface area contributed by atoms with E-state index in [1.165, 1.54) is 16.9 Å². The highest BCUT2D eigenvalue weighted by molar-refractivity contribution is 5.66. The van der Waals surface area contributed by atoms with Crippen LogP contribution in [-0.2, 0) is 6.42 Å². The molecule has 0 heterocycles. The maximum atomic E-state index is 2.42. The molecule has 2 rings (SSSR count). The van der Waals surface area contributed by atoms with E-state index < -0.39 is 0 Å². The van der Waals surface area contributed by atoms with E-state index in [4.69, 9.17) is 0 Å². The van der Waals surface area contributed by atoms with Gasteiger partial charge in [0, 0.05) is 17.9 Å². The Bertz CT molecular complexity index is 476. The quantitative estimate of drug-likeness (QED) is 0.724. The predicted octanol–water partition coefficient (Wildman–Crippen LogP) is 4.80. The fourth-order valence-corrected chi connectivity index (χ4v) is 2.29. The molecule has 0 saturated carbocycles. The first-order valence-corrected chi connectivity index (χ1v) is 6.77. The van der Waals surface area contributed by atoms with Gasteiger partial charge in [0.15, 0.2) is 0 Å². The first-order valence-electron chi connectivity index (χ1n) is 6.77. The van der Waals surface area contributed by atoms with Gasteiger partial charge < -0.3 is 4.90 Å². The lowest BCUT2D eigenvalue weighted by Gasteiger charge is -2.26. The van der Waals surface area contributed by atoms with Crippen molar-refractivity contribution in [3.8, 4) is 0 Å². The van der Waals surface area contributed by atoms with E-state index in [2.05, 4.69) is 73.3 Å². The van der Waals surface area contributed by atoms with Crippen LogP contribution in [-0.4, -0.2) is 6.54 Å². The van der Waals surface area contributed by atoms with Crippen molar-refractivity contribution in [3.05, 3.63) is 60.2 Å². The van der Waals surface area contributed by atoms with Crippen LogP contribution in [0.2, 0.25) is 0 Å². The molecule has 0 unspecified atom stereocenters. The Labute approximate surface area is 110 Å². The average Bonchev–Trinajstić information content (AvgIpc) is 2.46. The van der Waals surface area contributed by atoms with E-state index in [1.807, 2.05) is 0 Å². The maximum absolute atomic E-state index is 2.42. The van der Waals surface area contributed by atoms with E-state index in [-0.39, 0.29) is 0 Å². The highest BCUT2D eigenvalue weighted by Gasteiger charge is 2.10. The number of anilines is 2. The zero-order valence-electron chi connectivity index (χ0n) is 11.3. The molecule has 0 saturated heterocycles. The fourth-order valence-electron chi connectivity index (χ4n) is 2.29. The monoisotopic (exact) mass is 239 g/mol. The lowest BCUT2D eigenvalue weighted by Crippen LogP contribution is -2.19. The van der Waals surface area contributed by atoms with E-state index in [9.17, 15) is 0 Å². The Hall–Kier alpha value is -1.76. The molecule has 94 valence electrons. The van der Waals surface area contributed by atoms with Crippen LogP contribution >= 0.6 is 0 Å². The van der Waals surface area contributed by atoms with Gasteiger partial charge in [-0.3, -0.25) is 0 Å². The lowest BCUT2D eigenvalue weighted by atomic mass is 10.1. The number of aryl methyl sites for hydroxylation is 1. The van der Waals surface area contributed by atoms with Crippen LogP contribution in [0.1, 0.15) is 25.8 Å². The molecule has 0 aliphatic heterocycles. The second-order valence-electron chi connectivity index (χ2n) is 4.47. The Morgan fingerprint density at radius 3 is 2.17 bits per heavy atom. The molecule has 0 aliphatic carbocycles. The Morgan fingerprint density at radius 2 is 1.50 bits per heavy atom. The van der Waals surface area contributed by atoms with Crippen LogP contribution in [0.5, 0.6) is 0 Å². The SMILES string of the molecule is CCCN(c1ccccc1)c1ccccc1CC. The summed E-state index contributed by atoms with van der Waals surface area (Å²) >= 11 is 0. The van der Waals surface area contributed by atoms with Gasteiger partial charge in [-0.1, -0.05) is 50.2 Å². The highest BCUT2D eigenvalue weighted by atomic mass is 15.1. The number of hydrogen-bond acceptors (Lipinski definition) is 1. The molecule has 0 amide bonds. The molecule has 0 radical (unpaired) electrons. The molecule has 0 spiro atoms. The van der Waals surface area contributed by atoms with Crippen LogP contribution in [0.15, 0.2) is 54.6 Å². The van der Waals surface area contributed by atoms with E-state index in [1.54, 1.807) is 0 Å². The summed E-state index contributed by atoms with van der Waals surface area (Å²) in [5.41, 5.74) is 4.03. The molecule has 18 heavy (non-hydrogen) atoms. The Balaban J connectivity index is 2.41. The van der Waals surface area contributed by atoms with Crippen molar-refractivity contribution in [1.29, 1.82) is 0 Å². The van der Waals surface area contributed by atoms with Gasteiger partial charge in [0.2, 0.25) is 0 Å². The van der Waals surface area contributed by atoms with Crippen molar-refractivity contribution in [1.82, 2.24) is 0 Å². The molecular formula is C17H21N. The number of para-hydroxylation sites is 2. The van der Waals surface area contributed by atoms with Crippen LogP contribution in [0, 0.1) is 0 Å². The summed E-state index contributed by atoms with van der Waals surface area (Å²) < 4.78 is 0. The molecule has 2 aromatic carbocycles. The van der Waals surface area contributed by atoms with Crippen LogP contribution in [0.3, 0.4) is 0 Å². The first kappa shape index (κ1) is 12.7. The van der Waals surface area contributed by atoms with Crippen molar-refractivity contribution in [2.75, 3.05) is 11.4 Å². The fraction of sp³-hybridized carbons (Fsp3) is 0.294. The predicted molar refractivity (Wildman–Crippen MR) is 79.6 cm³/mol. The van der Waals surface area contributed by atoms with Gasteiger partial charge in [-0.25, -0.2) is 0 Å². The molecule has 2 aromatic rings. The lowest BCUT2D eigenvalue weighted by molar-refractivity contribution is 0.878. The van der Waals surface area contributed by atoms with Gasteiger partial charge in [0.05, 0.1) is 0 Å². The van der Waals surface area contributed by atoms with Crippen molar-refractivity contribution in [2.24, 2.45) is 0 Å². The standard InChI is InChI=1S/C17H21N/c1-3-14-18(16-11-6-5-7-12-16)17-13-9-8-10-15(17)4-2/h5-13H,3-4,14H2,1-2H3. The summed E-state index contributed by atoms with van der Waals surface area (Å²) in [7, 11) is 0. The largest absolute Gasteiger partial charge is 0.341 e. The van der Waals surface area contributed by atoms with Gasteiger partial charge in [-0.15, -0.1) is 0 Å². The summed E-state index contributed by atoms with van der Waals surface area (Å²) in [5.74, 6) is 0. The third kappa shape index (κ3) is 2.73. The molecule has 0 bridgehead atoms. The van der Waals surface area contributed by atoms with Crippen molar-refractivity contribution >= 4 is 11.4 Å². The third-order valence-electron chi connectivity index (χ3n) is 3.18. The minimum Gasteiger partial charge on any atom is -0.341 e. The van der Waals surface area contributed by atoms with Gasteiger partial charge >= 0.3 is 0 Å². The number of hydrogen-bond donors (Lipinski definition) is 0. The minimum atomic E-state index is 1.06. The average molecular weight is 239 g/mol. The second kappa shape index (κ2) is 6.25. The third-order valence-corrected chi connectivity index (χ3v) is 3.18. The number of rotatable bonds is 5. The van der Waals surface area contributed by atoms with Crippen LogP contribution in [0.25, 0.3) is 0 Å². The summed E-state index contributed by atoms with van der Waals surface area (Å²) in [5, 5.41) is 0. The molecule has 0 N–H and O–H groups in total. The van der Waals surface area contributed by atoms with Gasteiger partial charge in [-0.05, 0) is 36.6 Å². The van der Waals surface area contributed by atoms with Crippen LogP contribution < -0.4 is 4.90 Å². The van der Waals surface area contributed by atoms with Gasteiger partial charge in [0.25, 0.3) is 0 Å². The topological polar surface area (TPSA) is 3.24 Å². The van der Waals surface area contributed by atoms with Crippen LogP contribution in [0.4, 0.5) is 11.4 Å². The zero-order valence-corrected chi connectivity index (χ0v) is 11.3. The summed E-state index contributed by atoms with van der Waals surface area (Å²) in [6.45, 7) is 5.50. The molecule has 0 fully saturated rings. The summed E-state index contributed by atoms with van der Waals surface area (Å²) in [4.78, 5) is 2.42. The molecule has 0 aromatic heterocycles. The molecular weight excluding hydrogens is 218 g/mol. The van der Waals surface area contributed by atoms with Crippen molar-refractivity contribution < 1.29 is 0 Å². The maximum Gasteiger partial charge on any atom is 0.0443 e. The number of benzene rings is 2. The van der Waals surface area contributed by atoms with E-state index >= 15 is 0 Å². The Morgan fingerprint density at radius 1 is 0.833 bits per heavy atom. The normalized spacial score (nSPS) is 10.3. The van der Waals surface area contributed by atoms with E-state index in [0.717, 1.165) is 19.4 Å². The second-order valence-corrected chi connectivity index (χ2v) is 4.47. The van der Waals surface area contributed by atoms with Gasteiger partial charge in [0.1, 0.15) is 0 Å². The van der Waals surface area contributed by atoms with E-state index in [0.29, 0.717) is 0 Å². The first-order chi connectivity index (χ1) is 8.86. The zero-order chi connectivity index (χ0) is 12.8. The van der Waals surface area contributed by atoms with Crippen molar-refractivity contribution in [3.63, 3.8) is 0 Å². The minimum absolute atomic E-state index is 1.06. The summed E-state index contributed by atoms with van der Waals surface area (Å²) in [6.07, 6.45) is 2.22.